The molecule has 2 N–H and O–H groups in total. The molecule has 0 atom stereocenters. The van der Waals surface area contributed by atoms with Crippen LogP contribution >= 0.6 is 12.4 Å². The van der Waals surface area contributed by atoms with Gasteiger partial charge >= 0.3 is 0 Å². The number of pyridine rings is 1. The molecule has 0 aliphatic rings. The van der Waals surface area contributed by atoms with Crippen LogP contribution in [0.15, 0.2) is 72.9 Å². The fourth-order valence-corrected chi connectivity index (χ4v) is 2.20. The second-order valence-corrected chi connectivity index (χ2v) is 5.06. The van der Waals surface area contributed by atoms with E-state index in [-0.39, 0.29) is 12.4 Å². The van der Waals surface area contributed by atoms with Gasteiger partial charge in [-0.25, -0.2) is 4.98 Å². The van der Waals surface area contributed by atoms with Gasteiger partial charge in [0.15, 0.2) is 0 Å². The Morgan fingerprint density at radius 1 is 0.783 bits per heavy atom. The fourth-order valence-electron chi connectivity index (χ4n) is 2.20. The molecule has 3 nitrogen and oxygen atoms in total. The summed E-state index contributed by atoms with van der Waals surface area (Å²) in [5.41, 5.74) is 10.1. The lowest BCUT2D eigenvalue weighted by atomic mass is 10.1. The number of rotatable bonds is 5. The molecule has 118 valence electrons. The normalized spacial score (nSPS) is 9.96. The molecule has 2 aromatic carbocycles. The van der Waals surface area contributed by atoms with Crippen LogP contribution in [0.3, 0.4) is 0 Å². The van der Waals surface area contributed by atoms with Gasteiger partial charge in [-0.1, -0.05) is 54.6 Å². The molecule has 0 amide bonds. The Labute approximate surface area is 142 Å². The fraction of sp³-hybridized carbons (Fsp3) is 0.105. The van der Waals surface area contributed by atoms with Gasteiger partial charge < -0.3 is 10.5 Å². The standard InChI is InChI=1S/C19H18N2O.ClH/c20-12-15-6-8-17(9-7-15)18-10-11-19(21-13-18)22-14-16-4-2-1-3-5-16;/h1-11,13H,12,14,20H2;1H. The average molecular weight is 327 g/mol. The summed E-state index contributed by atoms with van der Waals surface area (Å²) in [6, 6.07) is 22.2. The molecule has 23 heavy (non-hydrogen) atoms. The third kappa shape index (κ3) is 4.55. The summed E-state index contributed by atoms with van der Waals surface area (Å²) in [7, 11) is 0. The first kappa shape index (κ1) is 17.0. The molecule has 1 heterocycles. The smallest absolute Gasteiger partial charge is 0.213 e. The molecule has 0 saturated heterocycles. The maximum Gasteiger partial charge on any atom is 0.213 e. The SMILES string of the molecule is Cl.NCc1ccc(-c2ccc(OCc3ccccc3)nc2)cc1. The Balaban J connectivity index is 0.00000192. The van der Waals surface area contributed by atoms with E-state index in [1.807, 2.05) is 60.8 Å². The zero-order chi connectivity index (χ0) is 15.2. The van der Waals surface area contributed by atoms with E-state index in [4.69, 9.17) is 10.5 Å². The molecular weight excluding hydrogens is 308 g/mol. The van der Waals surface area contributed by atoms with Crippen molar-refractivity contribution in [2.75, 3.05) is 0 Å². The van der Waals surface area contributed by atoms with Gasteiger partial charge in [-0.15, -0.1) is 12.4 Å². The molecule has 3 rings (SSSR count). The van der Waals surface area contributed by atoms with Crippen molar-refractivity contribution < 1.29 is 4.74 Å². The van der Waals surface area contributed by atoms with Crippen molar-refractivity contribution in [3.8, 4) is 17.0 Å². The number of ether oxygens (including phenoxy) is 1. The number of nitrogens with zero attached hydrogens (tertiary/aromatic N) is 1. The van der Waals surface area contributed by atoms with E-state index >= 15 is 0 Å². The van der Waals surface area contributed by atoms with Crippen molar-refractivity contribution in [1.82, 2.24) is 4.98 Å². The summed E-state index contributed by atoms with van der Waals surface area (Å²) in [6.07, 6.45) is 1.83. The van der Waals surface area contributed by atoms with E-state index in [0.717, 1.165) is 22.3 Å². The summed E-state index contributed by atoms with van der Waals surface area (Å²) in [6.45, 7) is 1.09. The molecule has 3 aromatic rings. The van der Waals surface area contributed by atoms with Crippen LogP contribution in [0, 0.1) is 0 Å². The van der Waals surface area contributed by atoms with Crippen LogP contribution in [-0.4, -0.2) is 4.98 Å². The lowest BCUT2D eigenvalue weighted by molar-refractivity contribution is 0.294. The molecular formula is C19H19ClN2O. The Morgan fingerprint density at radius 2 is 1.48 bits per heavy atom. The average Bonchev–Trinajstić information content (AvgIpc) is 2.61. The minimum atomic E-state index is 0. The van der Waals surface area contributed by atoms with Gasteiger partial charge in [-0.05, 0) is 22.8 Å². The van der Waals surface area contributed by atoms with Gasteiger partial charge in [0, 0.05) is 24.4 Å². The van der Waals surface area contributed by atoms with E-state index in [1.165, 1.54) is 0 Å². The van der Waals surface area contributed by atoms with Crippen LogP contribution in [0.25, 0.3) is 11.1 Å². The lowest BCUT2D eigenvalue weighted by Gasteiger charge is -2.07. The zero-order valence-corrected chi connectivity index (χ0v) is 13.5. The molecule has 0 bridgehead atoms. The largest absolute Gasteiger partial charge is 0.473 e. The van der Waals surface area contributed by atoms with Crippen molar-refractivity contribution in [3.63, 3.8) is 0 Å². The predicted molar refractivity (Wildman–Crippen MR) is 95.6 cm³/mol. The number of benzene rings is 2. The van der Waals surface area contributed by atoms with Crippen LogP contribution in [0.1, 0.15) is 11.1 Å². The van der Waals surface area contributed by atoms with Crippen LogP contribution in [0.2, 0.25) is 0 Å². The van der Waals surface area contributed by atoms with E-state index in [2.05, 4.69) is 17.1 Å². The first-order valence-corrected chi connectivity index (χ1v) is 7.27. The highest BCUT2D eigenvalue weighted by Crippen LogP contribution is 2.21. The lowest BCUT2D eigenvalue weighted by Crippen LogP contribution is -1.97. The quantitative estimate of drug-likeness (QED) is 0.764. The summed E-state index contributed by atoms with van der Waals surface area (Å²) in [4.78, 5) is 4.37. The highest BCUT2D eigenvalue weighted by molar-refractivity contribution is 5.85. The highest BCUT2D eigenvalue weighted by Gasteiger charge is 2.01. The third-order valence-corrected chi connectivity index (χ3v) is 3.49. The second kappa shape index (κ2) is 8.32. The Bertz CT molecular complexity index is 713. The number of hydrogen-bond donors (Lipinski definition) is 1. The van der Waals surface area contributed by atoms with Gasteiger partial charge in [-0.2, -0.15) is 0 Å². The Kier molecular flexibility index (Phi) is 6.15. The van der Waals surface area contributed by atoms with Gasteiger partial charge in [-0.3, -0.25) is 0 Å². The zero-order valence-electron chi connectivity index (χ0n) is 12.7. The summed E-state index contributed by atoms with van der Waals surface area (Å²) < 4.78 is 5.69. The molecule has 0 fully saturated rings. The van der Waals surface area contributed by atoms with Crippen LogP contribution in [0.4, 0.5) is 0 Å². The number of aromatic nitrogens is 1. The van der Waals surface area contributed by atoms with Crippen LogP contribution in [0.5, 0.6) is 5.88 Å². The van der Waals surface area contributed by atoms with Crippen molar-refractivity contribution in [1.29, 1.82) is 0 Å². The molecule has 0 unspecified atom stereocenters. The molecule has 0 radical (unpaired) electrons. The Morgan fingerprint density at radius 3 is 2.09 bits per heavy atom. The molecule has 0 aliphatic carbocycles. The van der Waals surface area contributed by atoms with Crippen molar-refractivity contribution in [3.05, 3.63) is 84.1 Å². The van der Waals surface area contributed by atoms with Gasteiger partial charge in [0.2, 0.25) is 5.88 Å². The number of hydrogen-bond acceptors (Lipinski definition) is 3. The van der Waals surface area contributed by atoms with Crippen molar-refractivity contribution in [2.24, 2.45) is 5.73 Å². The summed E-state index contributed by atoms with van der Waals surface area (Å²) >= 11 is 0. The third-order valence-electron chi connectivity index (χ3n) is 3.49. The summed E-state index contributed by atoms with van der Waals surface area (Å²) in [5.74, 6) is 0.631. The van der Waals surface area contributed by atoms with Crippen molar-refractivity contribution in [2.45, 2.75) is 13.2 Å². The molecule has 0 saturated carbocycles. The maximum atomic E-state index is 5.69. The van der Waals surface area contributed by atoms with E-state index in [0.29, 0.717) is 19.0 Å². The minimum Gasteiger partial charge on any atom is -0.473 e. The second-order valence-electron chi connectivity index (χ2n) is 5.06. The van der Waals surface area contributed by atoms with Crippen LogP contribution < -0.4 is 10.5 Å². The van der Waals surface area contributed by atoms with Gasteiger partial charge in [0.25, 0.3) is 0 Å². The summed E-state index contributed by atoms with van der Waals surface area (Å²) in [5, 5.41) is 0. The van der Waals surface area contributed by atoms with Gasteiger partial charge in [0.1, 0.15) is 6.61 Å². The van der Waals surface area contributed by atoms with Gasteiger partial charge in [0.05, 0.1) is 0 Å². The predicted octanol–water partition coefficient (Wildman–Crippen LogP) is 4.21. The number of halogens is 1. The van der Waals surface area contributed by atoms with E-state index in [9.17, 15) is 0 Å². The highest BCUT2D eigenvalue weighted by atomic mass is 35.5. The molecule has 1 aromatic heterocycles. The topological polar surface area (TPSA) is 48.1 Å². The van der Waals surface area contributed by atoms with Crippen molar-refractivity contribution >= 4 is 12.4 Å². The molecule has 4 heteroatoms. The first-order valence-electron chi connectivity index (χ1n) is 7.27. The monoisotopic (exact) mass is 326 g/mol. The first-order chi connectivity index (χ1) is 10.8. The number of nitrogens with two attached hydrogens (primary N) is 1. The molecule has 0 spiro atoms. The Hall–Kier alpha value is -2.36. The van der Waals surface area contributed by atoms with E-state index in [1.54, 1.807) is 0 Å². The maximum absolute atomic E-state index is 5.69. The van der Waals surface area contributed by atoms with E-state index < -0.39 is 0 Å². The molecule has 0 aliphatic heterocycles. The van der Waals surface area contributed by atoms with Crippen LogP contribution in [-0.2, 0) is 13.2 Å². The minimum absolute atomic E-state index is 0.